The highest BCUT2D eigenvalue weighted by atomic mass is 16.6. The number of nitrogens with one attached hydrogen (secondary N) is 2. The molecule has 0 fully saturated rings. The van der Waals surface area contributed by atoms with E-state index in [0.717, 1.165) is 0 Å². The minimum atomic E-state index is -0.250. The van der Waals surface area contributed by atoms with Gasteiger partial charge in [-0.05, 0) is 18.2 Å². The van der Waals surface area contributed by atoms with Gasteiger partial charge in [-0.3, -0.25) is 14.4 Å². The fourth-order valence-electron chi connectivity index (χ4n) is 2.12. The van der Waals surface area contributed by atoms with Crippen LogP contribution in [0.15, 0.2) is 18.2 Å². The molecule has 0 unspecified atom stereocenters. The molecule has 2 N–H and O–H groups in total. The minimum Gasteiger partial charge on any atom is -0.486 e. The first kappa shape index (κ1) is 16.8. The molecule has 0 radical (unpaired) electrons. The van der Waals surface area contributed by atoms with Gasteiger partial charge in [0.25, 0.3) is 0 Å². The van der Waals surface area contributed by atoms with Crippen LogP contribution in [0.25, 0.3) is 0 Å². The summed E-state index contributed by atoms with van der Waals surface area (Å²) in [6.45, 7) is 1.21. The number of Topliss-reactive ketones (excluding diaryl/α,β-unsaturated/α-hetero) is 1. The standard InChI is InChI=1S/C16H20N2O5/c1-17-15(20)6-7-18-16(21)5-3-12(19)11-2-4-13-14(10-11)23-9-8-22-13/h2,4,10H,3,5-9H2,1H3,(H,17,20)(H,18,21). The third-order valence-corrected chi connectivity index (χ3v) is 3.40. The van der Waals surface area contributed by atoms with Crippen LogP contribution in [-0.2, 0) is 9.59 Å². The number of carbonyl (C=O) groups excluding carboxylic acids is 3. The summed E-state index contributed by atoms with van der Waals surface area (Å²) in [5, 5.41) is 5.08. The molecular weight excluding hydrogens is 300 g/mol. The molecule has 1 aliphatic rings. The van der Waals surface area contributed by atoms with Gasteiger partial charge in [-0.1, -0.05) is 0 Å². The van der Waals surface area contributed by atoms with E-state index in [9.17, 15) is 14.4 Å². The predicted octanol–water partition coefficient (Wildman–Crippen LogP) is 0.673. The number of ketones is 1. The van der Waals surface area contributed by atoms with Gasteiger partial charge in [-0.15, -0.1) is 0 Å². The van der Waals surface area contributed by atoms with Crippen LogP contribution in [0.5, 0.6) is 11.5 Å². The predicted molar refractivity (Wildman–Crippen MR) is 82.7 cm³/mol. The topological polar surface area (TPSA) is 93.7 Å². The molecule has 0 spiro atoms. The molecule has 0 aliphatic carbocycles. The van der Waals surface area contributed by atoms with Gasteiger partial charge in [0.05, 0.1) is 0 Å². The minimum absolute atomic E-state index is 0.0843. The van der Waals surface area contributed by atoms with Crippen molar-refractivity contribution in [2.45, 2.75) is 19.3 Å². The van der Waals surface area contributed by atoms with Gasteiger partial charge in [-0.25, -0.2) is 0 Å². The lowest BCUT2D eigenvalue weighted by atomic mass is 10.1. The van der Waals surface area contributed by atoms with Crippen LogP contribution in [0.4, 0.5) is 0 Å². The monoisotopic (exact) mass is 320 g/mol. The molecule has 2 amide bonds. The van der Waals surface area contributed by atoms with E-state index in [-0.39, 0.29) is 43.4 Å². The summed E-state index contributed by atoms with van der Waals surface area (Å²) >= 11 is 0. The van der Waals surface area contributed by atoms with E-state index in [1.165, 1.54) is 7.05 Å². The maximum Gasteiger partial charge on any atom is 0.221 e. The molecule has 0 aromatic heterocycles. The Bertz CT molecular complexity index is 600. The van der Waals surface area contributed by atoms with Gasteiger partial charge in [0.2, 0.25) is 11.8 Å². The molecule has 1 aromatic rings. The van der Waals surface area contributed by atoms with Gasteiger partial charge in [0, 0.05) is 38.4 Å². The van der Waals surface area contributed by atoms with Crippen LogP contribution in [0.2, 0.25) is 0 Å². The third kappa shape index (κ3) is 4.98. The van der Waals surface area contributed by atoms with E-state index in [0.29, 0.717) is 30.3 Å². The number of rotatable bonds is 7. The van der Waals surface area contributed by atoms with E-state index in [1.807, 2.05) is 0 Å². The van der Waals surface area contributed by atoms with Crippen LogP contribution >= 0.6 is 0 Å². The number of hydrogen-bond donors (Lipinski definition) is 2. The summed E-state index contributed by atoms with van der Waals surface area (Å²) in [4.78, 5) is 34.8. The van der Waals surface area contributed by atoms with Crippen molar-refractivity contribution >= 4 is 17.6 Å². The summed E-state index contributed by atoms with van der Waals surface area (Å²) in [7, 11) is 1.54. The van der Waals surface area contributed by atoms with Crippen molar-refractivity contribution in [3.63, 3.8) is 0 Å². The lowest BCUT2D eigenvalue weighted by Gasteiger charge is -2.18. The van der Waals surface area contributed by atoms with Crippen LogP contribution < -0.4 is 20.1 Å². The molecule has 0 bridgehead atoms. The van der Waals surface area contributed by atoms with Crippen LogP contribution in [0.1, 0.15) is 29.6 Å². The molecular formula is C16H20N2O5. The molecule has 7 nitrogen and oxygen atoms in total. The maximum absolute atomic E-state index is 12.1. The molecule has 0 saturated carbocycles. The van der Waals surface area contributed by atoms with Crippen molar-refractivity contribution in [1.29, 1.82) is 0 Å². The lowest BCUT2D eigenvalue weighted by molar-refractivity contribution is -0.122. The first-order valence-corrected chi connectivity index (χ1v) is 7.50. The molecule has 1 heterocycles. The maximum atomic E-state index is 12.1. The van der Waals surface area contributed by atoms with Crippen LogP contribution in [0, 0.1) is 0 Å². The SMILES string of the molecule is CNC(=O)CCNC(=O)CCC(=O)c1ccc2c(c1)OCCO2. The Morgan fingerprint density at radius 2 is 1.74 bits per heavy atom. The Hall–Kier alpha value is -2.57. The normalized spacial score (nSPS) is 12.4. The number of fused-ring (bicyclic) bond motifs is 1. The van der Waals surface area contributed by atoms with E-state index in [4.69, 9.17) is 9.47 Å². The average Bonchev–Trinajstić information content (AvgIpc) is 2.59. The van der Waals surface area contributed by atoms with Gasteiger partial charge in [-0.2, -0.15) is 0 Å². The number of amides is 2. The lowest BCUT2D eigenvalue weighted by Crippen LogP contribution is -2.29. The molecule has 1 aliphatic heterocycles. The Kier molecular flexibility index (Phi) is 5.96. The molecule has 0 atom stereocenters. The van der Waals surface area contributed by atoms with E-state index in [2.05, 4.69) is 10.6 Å². The summed E-state index contributed by atoms with van der Waals surface area (Å²) in [5.74, 6) is 0.651. The number of hydrogen-bond acceptors (Lipinski definition) is 5. The Labute approximate surface area is 134 Å². The van der Waals surface area contributed by atoms with Gasteiger partial charge < -0.3 is 20.1 Å². The summed E-state index contributed by atoms with van der Waals surface area (Å²) < 4.78 is 10.8. The van der Waals surface area contributed by atoms with Crippen molar-refractivity contribution in [2.75, 3.05) is 26.8 Å². The highest BCUT2D eigenvalue weighted by molar-refractivity contribution is 5.98. The van der Waals surface area contributed by atoms with E-state index >= 15 is 0 Å². The number of carbonyl (C=O) groups is 3. The Morgan fingerprint density at radius 3 is 2.48 bits per heavy atom. The van der Waals surface area contributed by atoms with Crippen molar-refractivity contribution in [3.8, 4) is 11.5 Å². The fraction of sp³-hybridized carbons (Fsp3) is 0.438. The zero-order valence-corrected chi connectivity index (χ0v) is 13.0. The molecule has 23 heavy (non-hydrogen) atoms. The largest absolute Gasteiger partial charge is 0.486 e. The molecule has 0 saturated heterocycles. The van der Waals surface area contributed by atoms with Crippen molar-refractivity contribution in [1.82, 2.24) is 10.6 Å². The summed E-state index contributed by atoms with van der Waals surface area (Å²) in [6.07, 6.45) is 0.408. The highest BCUT2D eigenvalue weighted by Crippen LogP contribution is 2.31. The van der Waals surface area contributed by atoms with Crippen molar-refractivity contribution < 1.29 is 23.9 Å². The van der Waals surface area contributed by atoms with E-state index < -0.39 is 0 Å². The smallest absolute Gasteiger partial charge is 0.221 e. The third-order valence-electron chi connectivity index (χ3n) is 3.40. The van der Waals surface area contributed by atoms with Gasteiger partial charge in [0.15, 0.2) is 17.3 Å². The number of ether oxygens (including phenoxy) is 2. The van der Waals surface area contributed by atoms with Crippen LogP contribution in [0.3, 0.4) is 0 Å². The highest BCUT2D eigenvalue weighted by Gasteiger charge is 2.15. The Morgan fingerprint density at radius 1 is 1.00 bits per heavy atom. The summed E-state index contributed by atoms with van der Waals surface area (Å²) in [5.41, 5.74) is 0.493. The van der Waals surface area contributed by atoms with E-state index in [1.54, 1.807) is 18.2 Å². The molecule has 7 heteroatoms. The zero-order chi connectivity index (χ0) is 16.7. The zero-order valence-electron chi connectivity index (χ0n) is 13.0. The quantitative estimate of drug-likeness (QED) is 0.720. The summed E-state index contributed by atoms with van der Waals surface area (Å²) in [6, 6.07) is 5.00. The second-order valence-corrected chi connectivity index (χ2v) is 5.05. The second-order valence-electron chi connectivity index (χ2n) is 5.05. The Balaban J connectivity index is 1.78. The molecule has 1 aromatic carbocycles. The molecule has 124 valence electrons. The van der Waals surface area contributed by atoms with Gasteiger partial charge >= 0.3 is 0 Å². The van der Waals surface area contributed by atoms with Crippen LogP contribution in [-0.4, -0.2) is 44.4 Å². The van der Waals surface area contributed by atoms with Crippen molar-refractivity contribution in [2.24, 2.45) is 0 Å². The fourth-order valence-corrected chi connectivity index (χ4v) is 2.12. The first-order chi connectivity index (χ1) is 11.1. The molecule has 2 rings (SSSR count). The average molecular weight is 320 g/mol. The van der Waals surface area contributed by atoms with Gasteiger partial charge in [0.1, 0.15) is 13.2 Å². The number of benzene rings is 1. The van der Waals surface area contributed by atoms with Crippen molar-refractivity contribution in [3.05, 3.63) is 23.8 Å². The first-order valence-electron chi connectivity index (χ1n) is 7.50. The second kappa shape index (κ2) is 8.17.